The number of piperidine rings is 1. The molecule has 7 heteroatoms. The van der Waals surface area contributed by atoms with Gasteiger partial charge in [-0.3, -0.25) is 9.69 Å². The van der Waals surface area contributed by atoms with Crippen molar-refractivity contribution < 1.29 is 23.8 Å². The van der Waals surface area contributed by atoms with Crippen LogP contribution in [0.1, 0.15) is 67.5 Å². The third kappa shape index (κ3) is 4.89. The zero-order chi connectivity index (χ0) is 26.4. The zero-order valence-electron chi connectivity index (χ0n) is 22.6. The van der Waals surface area contributed by atoms with Crippen LogP contribution >= 0.6 is 0 Å². The summed E-state index contributed by atoms with van der Waals surface area (Å²) in [7, 11) is 1.71. The molecule has 2 aliphatic heterocycles. The molecule has 3 aromatic rings. The first-order valence-corrected chi connectivity index (χ1v) is 14.1. The molecule has 7 nitrogen and oxygen atoms in total. The summed E-state index contributed by atoms with van der Waals surface area (Å²) in [5.74, 6) is 2.49. The first-order valence-electron chi connectivity index (χ1n) is 14.1. The minimum Gasteiger partial charge on any atom is -0.496 e. The smallest absolute Gasteiger partial charge is 0.306 e. The van der Waals surface area contributed by atoms with E-state index in [4.69, 9.17) is 13.9 Å². The molecule has 1 saturated heterocycles. The highest BCUT2D eigenvalue weighted by Gasteiger charge is 2.39. The topological polar surface area (TPSA) is 85.0 Å². The molecule has 3 heterocycles. The van der Waals surface area contributed by atoms with Gasteiger partial charge in [0.15, 0.2) is 11.5 Å². The van der Waals surface area contributed by atoms with E-state index in [2.05, 4.69) is 28.1 Å². The van der Waals surface area contributed by atoms with Gasteiger partial charge in [0, 0.05) is 19.0 Å². The van der Waals surface area contributed by atoms with Crippen molar-refractivity contribution in [1.29, 1.82) is 0 Å². The lowest BCUT2D eigenvalue weighted by Gasteiger charge is -2.38. The number of oxazole rings is 1. The summed E-state index contributed by atoms with van der Waals surface area (Å²) in [6.45, 7) is 6.54. The minimum atomic E-state index is -0.710. The second-order valence-electron chi connectivity index (χ2n) is 11.5. The molecule has 1 aliphatic carbocycles. The number of hydrogen-bond acceptors (Lipinski definition) is 6. The van der Waals surface area contributed by atoms with Crippen LogP contribution in [0.4, 0.5) is 0 Å². The lowest BCUT2D eigenvalue weighted by molar-refractivity contribution is -0.142. The fourth-order valence-corrected chi connectivity index (χ4v) is 6.72. The van der Waals surface area contributed by atoms with Crippen LogP contribution in [0, 0.1) is 24.7 Å². The third-order valence-corrected chi connectivity index (χ3v) is 9.00. The molecule has 1 aromatic heterocycles. The van der Waals surface area contributed by atoms with Crippen LogP contribution in [0.3, 0.4) is 0 Å². The molecule has 0 radical (unpaired) electrons. The summed E-state index contributed by atoms with van der Waals surface area (Å²) in [5, 5.41) is 9.69. The van der Waals surface area contributed by atoms with Gasteiger partial charge in [0.25, 0.3) is 0 Å². The zero-order valence-corrected chi connectivity index (χ0v) is 22.6. The highest BCUT2D eigenvalue weighted by Crippen LogP contribution is 2.48. The third-order valence-electron chi connectivity index (χ3n) is 9.00. The number of benzene rings is 2. The van der Waals surface area contributed by atoms with E-state index in [0.717, 1.165) is 91.9 Å². The van der Waals surface area contributed by atoms with Gasteiger partial charge in [-0.05, 0) is 98.7 Å². The maximum atomic E-state index is 11.8. The summed E-state index contributed by atoms with van der Waals surface area (Å²) >= 11 is 0. The Bertz CT molecular complexity index is 1320. The maximum Gasteiger partial charge on any atom is 0.306 e. The molecule has 3 atom stereocenters. The summed E-state index contributed by atoms with van der Waals surface area (Å²) < 4.78 is 18.1. The van der Waals surface area contributed by atoms with E-state index in [0.29, 0.717) is 17.7 Å². The number of methoxy groups -OCH3 is 1. The number of hydrogen-bond donors (Lipinski definition) is 1. The second kappa shape index (κ2) is 10.3. The molecule has 6 rings (SSSR count). The van der Waals surface area contributed by atoms with Gasteiger partial charge in [0.1, 0.15) is 23.1 Å². The largest absolute Gasteiger partial charge is 0.496 e. The number of ether oxygens (including phenoxy) is 2. The molecule has 2 aromatic carbocycles. The highest BCUT2D eigenvalue weighted by molar-refractivity contribution is 5.79. The van der Waals surface area contributed by atoms with Crippen LogP contribution in [-0.2, 0) is 17.8 Å². The second-order valence-corrected chi connectivity index (χ2v) is 11.5. The van der Waals surface area contributed by atoms with Gasteiger partial charge in [-0.2, -0.15) is 0 Å². The molecule has 38 heavy (non-hydrogen) atoms. The first kappa shape index (κ1) is 25.2. The summed E-state index contributed by atoms with van der Waals surface area (Å²) in [4.78, 5) is 18.9. The monoisotopic (exact) mass is 518 g/mol. The van der Waals surface area contributed by atoms with Crippen LogP contribution < -0.4 is 9.47 Å². The number of fused-ring (bicyclic) bond motifs is 2. The number of rotatable bonds is 8. The number of aromatic nitrogens is 1. The predicted molar refractivity (Wildman–Crippen MR) is 145 cm³/mol. The summed E-state index contributed by atoms with van der Waals surface area (Å²) in [6, 6.07) is 10.4. The average molecular weight is 519 g/mol. The van der Waals surface area contributed by atoms with E-state index in [1.54, 1.807) is 7.11 Å². The first-order chi connectivity index (χ1) is 18.4. The Hall–Kier alpha value is -3.06. The molecular weight excluding hydrogens is 480 g/mol. The van der Waals surface area contributed by atoms with Crippen molar-refractivity contribution in [2.75, 3.05) is 20.2 Å². The highest BCUT2D eigenvalue weighted by atomic mass is 16.5. The number of carboxylic acids is 1. The SMILES string of the molecule is COc1ccc2oc(C)nc2c1CN1CCC([C@H]2CCc3ccc([C@H](C4CC4)[C@H](C)C(=O)O)cc3O2)CC1. The normalized spacial score (nSPS) is 22.0. The number of carbonyl (C=O) groups is 1. The van der Waals surface area contributed by atoms with Crippen molar-refractivity contribution in [3.63, 3.8) is 0 Å². The molecule has 2 fully saturated rings. The van der Waals surface area contributed by atoms with Gasteiger partial charge < -0.3 is 19.0 Å². The van der Waals surface area contributed by atoms with E-state index in [1.807, 2.05) is 26.0 Å². The Labute approximate surface area is 224 Å². The van der Waals surface area contributed by atoms with Gasteiger partial charge >= 0.3 is 5.97 Å². The Kier molecular flexibility index (Phi) is 6.81. The van der Waals surface area contributed by atoms with Gasteiger partial charge in [-0.15, -0.1) is 0 Å². The fraction of sp³-hybridized carbons (Fsp3) is 0.548. The molecule has 1 N–H and O–H groups in total. The number of nitrogens with zero attached hydrogens (tertiary/aromatic N) is 2. The lowest BCUT2D eigenvalue weighted by Crippen LogP contribution is -2.40. The van der Waals surface area contributed by atoms with Crippen LogP contribution in [0.5, 0.6) is 11.5 Å². The Balaban J connectivity index is 1.12. The summed E-state index contributed by atoms with van der Waals surface area (Å²) in [5.41, 5.74) is 5.18. The minimum absolute atomic E-state index is 0.0694. The number of aryl methyl sites for hydroxylation is 2. The van der Waals surface area contributed by atoms with Crippen molar-refractivity contribution in [1.82, 2.24) is 9.88 Å². The Morgan fingerprint density at radius 2 is 1.95 bits per heavy atom. The molecule has 0 unspecified atom stereocenters. The van der Waals surface area contributed by atoms with Crippen molar-refractivity contribution >= 4 is 17.1 Å². The van der Waals surface area contributed by atoms with Crippen LogP contribution in [0.2, 0.25) is 0 Å². The number of carboxylic acid groups (broad SMARTS) is 1. The van der Waals surface area contributed by atoms with Gasteiger partial charge in [0.2, 0.25) is 0 Å². The van der Waals surface area contributed by atoms with Gasteiger partial charge in [-0.1, -0.05) is 19.1 Å². The number of likely N-dealkylation sites (tertiary alicyclic amines) is 1. The molecule has 0 bridgehead atoms. The molecule has 202 valence electrons. The van der Waals surface area contributed by atoms with E-state index >= 15 is 0 Å². The predicted octanol–water partition coefficient (Wildman–Crippen LogP) is 5.96. The van der Waals surface area contributed by atoms with Crippen molar-refractivity contribution in [2.24, 2.45) is 17.8 Å². The molecule has 1 saturated carbocycles. The van der Waals surface area contributed by atoms with Gasteiger partial charge in [0.05, 0.1) is 13.0 Å². The van der Waals surface area contributed by atoms with Crippen molar-refractivity contribution in [2.45, 2.75) is 70.9 Å². The molecule has 3 aliphatic rings. The standard InChI is InChI=1S/C31H38N2O5/c1-18(31(34)35)29(22-5-6-22)23-7-4-20-8-9-25(38-28(20)16-23)21-12-14-33(15-13-21)17-24-26(36-3)10-11-27-30(24)32-19(2)37-27/h4,7,10-11,16,18,21-22,25,29H,5-6,8-9,12-15,17H2,1-3H3,(H,34,35)/t18-,25+,29-/m0/s1. The van der Waals surface area contributed by atoms with Crippen LogP contribution in [0.25, 0.3) is 11.1 Å². The van der Waals surface area contributed by atoms with Crippen molar-refractivity contribution in [3.05, 3.63) is 52.9 Å². The lowest BCUT2D eigenvalue weighted by atomic mass is 9.81. The Morgan fingerprint density at radius 1 is 1.16 bits per heavy atom. The van der Waals surface area contributed by atoms with Crippen LogP contribution in [-0.4, -0.2) is 47.3 Å². The van der Waals surface area contributed by atoms with Crippen molar-refractivity contribution in [3.8, 4) is 11.5 Å². The van der Waals surface area contributed by atoms with Crippen LogP contribution in [0.15, 0.2) is 34.7 Å². The molecular formula is C31H38N2O5. The van der Waals surface area contributed by atoms with E-state index in [9.17, 15) is 9.90 Å². The summed E-state index contributed by atoms with van der Waals surface area (Å²) in [6.07, 6.45) is 6.71. The van der Waals surface area contributed by atoms with E-state index in [1.165, 1.54) is 5.56 Å². The average Bonchev–Trinajstić information content (AvgIpc) is 3.68. The number of aliphatic carboxylic acids is 1. The molecule has 0 spiro atoms. The fourth-order valence-electron chi connectivity index (χ4n) is 6.72. The quantitative estimate of drug-likeness (QED) is 0.393. The Morgan fingerprint density at radius 3 is 2.66 bits per heavy atom. The van der Waals surface area contributed by atoms with Gasteiger partial charge in [-0.25, -0.2) is 4.98 Å². The molecule has 0 amide bonds. The van der Waals surface area contributed by atoms with E-state index < -0.39 is 5.97 Å². The van der Waals surface area contributed by atoms with E-state index in [-0.39, 0.29) is 17.9 Å². The maximum absolute atomic E-state index is 11.8.